The molecule has 0 spiro atoms. The minimum absolute atomic E-state index is 1.05. The standard InChI is InChI=1S/C3H3O6P/c4-1-2(5)3(6)9-10(7)8/h4H,1H2. The Kier molecular flexibility index (Phi) is 3.53. The van der Waals surface area contributed by atoms with Gasteiger partial charge < -0.3 is 9.63 Å². The molecule has 0 bridgehead atoms. The number of ketones is 1. The highest BCUT2D eigenvalue weighted by Gasteiger charge is 2.15. The van der Waals surface area contributed by atoms with E-state index in [2.05, 4.69) is 4.52 Å². The summed E-state index contributed by atoms with van der Waals surface area (Å²) >= 11 is 0. The monoisotopic (exact) mass is 166 g/mol. The van der Waals surface area contributed by atoms with Crippen LogP contribution in [-0.4, -0.2) is 23.5 Å². The number of hydrogen-bond acceptors (Lipinski definition) is 6. The quantitative estimate of drug-likeness (QED) is 0.434. The van der Waals surface area contributed by atoms with Crippen molar-refractivity contribution in [3.05, 3.63) is 0 Å². The molecule has 0 unspecified atom stereocenters. The molecule has 1 N–H and O–H groups in total. The summed E-state index contributed by atoms with van der Waals surface area (Å²) in [4.78, 5) is 20.1. The number of carbonyl (C=O) groups is 2. The lowest BCUT2D eigenvalue weighted by Gasteiger charge is -1.87. The van der Waals surface area contributed by atoms with E-state index in [4.69, 9.17) is 5.11 Å². The third-order valence-corrected chi connectivity index (χ3v) is 0.844. The van der Waals surface area contributed by atoms with Crippen molar-refractivity contribution in [1.29, 1.82) is 0 Å². The Bertz CT molecular complexity index is 207. The molecule has 0 aliphatic carbocycles. The molecule has 0 fully saturated rings. The van der Waals surface area contributed by atoms with Crippen molar-refractivity contribution in [3.8, 4) is 0 Å². The van der Waals surface area contributed by atoms with Gasteiger partial charge in [-0.25, -0.2) is 4.79 Å². The van der Waals surface area contributed by atoms with Gasteiger partial charge in [0, 0.05) is 0 Å². The van der Waals surface area contributed by atoms with E-state index in [0.29, 0.717) is 0 Å². The molecule has 56 valence electrons. The maximum absolute atomic E-state index is 10.1. The number of hydrogen-bond donors (Lipinski definition) is 1. The Morgan fingerprint density at radius 3 is 2.20 bits per heavy atom. The van der Waals surface area contributed by atoms with Crippen LogP contribution in [0.3, 0.4) is 0 Å². The molecule has 0 amide bonds. The van der Waals surface area contributed by atoms with Crippen LogP contribution in [-0.2, 0) is 23.2 Å². The van der Waals surface area contributed by atoms with Gasteiger partial charge in [0.25, 0.3) is 5.78 Å². The van der Waals surface area contributed by atoms with E-state index < -0.39 is 26.3 Å². The second-order valence-electron chi connectivity index (χ2n) is 1.18. The van der Waals surface area contributed by atoms with Crippen molar-refractivity contribution in [2.24, 2.45) is 0 Å². The number of rotatable bonds is 3. The Hall–Kier alpha value is -1.000. The molecule has 0 heterocycles. The van der Waals surface area contributed by atoms with Crippen molar-refractivity contribution in [2.75, 3.05) is 6.61 Å². The lowest BCUT2D eigenvalue weighted by Crippen LogP contribution is -2.17. The van der Waals surface area contributed by atoms with Gasteiger partial charge in [-0.1, -0.05) is 0 Å². The molecule has 0 aliphatic heterocycles. The fourth-order valence-electron chi connectivity index (χ4n) is 0.183. The maximum atomic E-state index is 10.1. The highest BCUT2D eigenvalue weighted by Crippen LogP contribution is 2.04. The van der Waals surface area contributed by atoms with Crippen LogP contribution in [0.25, 0.3) is 0 Å². The zero-order valence-electron chi connectivity index (χ0n) is 4.64. The first-order valence-corrected chi connectivity index (χ1v) is 3.18. The third-order valence-electron chi connectivity index (χ3n) is 0.529. The molecule has 0 saturated carbocycles. The average molecular weight is 166 g/mol. The van der Waals surface area contributed by atoms with Gasteiger partial charge in [0.1, 0.15) is 6.61 Å². The van der Waals surface area contributed by atoms with Crippen LogP contribution in [0.5, 0.6) is 0 Å². The smallest absolute Gasteiger partial charge is 0.388 e. The number of aliphatic hydroxyl groups is 1. The van der Waals surface area contributed by atoms with Crippen LogP contribution >= 0.6 is 7.91 Å². The van der Waals surface area contributed by atoms with Crippen LogP contribution in [0.4, 0.5) is 0 Å². The molecule has 0 aliphatic rings. The SMILES string of the molecule is O=C(CO)C(=O)OP(=O)=O. The molecule has 0 aromatic rings. The van der Waals surface area contributed by atoms with Crippen molar-refractivity contribution in [1.82, 2.24) is 0 Å². The van der Waals surface area contributed by atoms with Gasteiger partial charge in [-0.05, 0) is 0 Å². The molecule has 0 saturated heterocycles. The first-order valence-electron chi connectivity index (χ1n) is 2.08. The van der Waals surface area contributed by atoms with E-state index in [1.807, 2.05) is 0 Å². The molecule has 6 nitrogen and oxygen atoms in total. The molecular formula is C3H3O6P. The molecule has 0 atom stereocenters. The Labute approximate surface area is 55.7 Å². The van der Waals surface area contributed by atoms with Gasteiger partial charge in [0.2, 0.25) is 0 Å². The van der Waals surface area contributed by atoms with E-state index in [-0.39, 0.29) is 0 Å². The zero-order valence-corrected chi connectivity index (χ0v) is 5.54. The van der Waals surface area contributed by atoms with E-state index in [1.54, 1.807) is 0 Å². The van der Waals surface area contributed by atoms with Crippen LogP contribution in [0.15, 0.2) is 0 Å². The predicted molar refractivity (Wildman–Crippen MR) is 26.5 cm³/mol. The Balaban J connectivity index is 3.98. The molecule has 0 aromatic heterocycles. The fraction of sp³-hybridized carbons (Fsp3) is 0.333. The van der Waals surface area contributed by atoms with Gasteiger partial charge in [-0.3, -0.25) is 4.79 Å². The number of aliphatic hydroxyl groups excluding tert-OH is 1. The highest BCUT2D eigenvalue weighted by molar-refractivity contribution is 7.25. The van der Waals surface area contributed by atoms with Crippen molar-refractivity contribution in [2.45, 2.75) is 0 Å². The molecule has 0 aromatic carbocycles. The predicted octanol–water partition coefficient (Wildman–Crippen LogP) is -0.821. The molecule has 7 heteroatoms. The van der Waals surface area contributed by atoms with E-state index >= 15 is 0 Å². The summed E-state index contributed by atoms with van der Waals surface area (Å²) in [7, 11) is -3.36. The number of carbonyl (C=O) groups excluding carboxylic acids is 2. The van der Waals surface area contributed by atoms with Crippen LogP contribution in [0, 0.1) is 0 Å². The lowest BCUT2D eigenvalue weighted by molar-refractivity contribution is -0.148. The normalized spacial score (nSPS) is 8.50. The van der Waals surface area contributed by atoms with Gasteiger partial charge in [-0.15, -0.1) is 0 Å². The molecule has 0 rings (SSSR count). The van der Waals surface area contributed by atoms with Crippen molar-refractivity contribution in [3.63, 3.8) is 0 Å². The van der Waals surface area contributed by atoms with E-state index in [9.17, 15) is 18.7 Å². The average Bonchev–Trinajstić information content (AvgIpc) is 1.85. The minimum atomic E-state index is -3.36. The highest BCUT2D eigenvalue weighted by atomic mass is 31.1. The van der Waals surface area contributed by atoms with E-state index in [1.165, 1.54) is 0 Å². The second kappa shape index (κ2) is 3.92. The minimum Gasteiger partial charge on any atom is -0.388 e. The van der Waals surface area contributed by atoms with Crippen LogP contribution in [0.1, 0.15) is 0 Å². The van der Waals surface area contributed by atoms with Gasteiger partial charge in [0.15, 0.2) is 0 Å². The second-order valence-corrected chi connectivity index (χ2v) is 1.81. The molecule has 10 heavy (non-hydrogen) atoms. The Morgan fingerprint density at radius 1 is 1.40 bits per heavy atom. The first kappa shape index (κ1) is 9.00. The van der Waals surface area contributed by atoms with Crippen molar-refractivity contribution >= 4 is 19.7 Å². The van der Waals surface area contributed by atoms with Gasteiger partial charge in [0.05, 0.1) is 0 Å². The summed E-state index contributed by atoms with van der Waals surface area (Å²) in [6, 6.07) is 0. The Morgan fingerprint density at radius 2 is 1.90 bits per heavy atom. The summed E-state index contributed by atoms with van der Waals surface area (Å²) in [6.45, 7) is -1.05. The summed E-state index contributed by atoms with van der Waals surface area (Å²) in [5.41, 5.74) is 0. The summed E-state index contributed by atoms with van der Waals surface area (Å²) in [5.74, 6) is -2.86. The largest absolute Gasteiger partial charge is 0.531 e. The number of Topliss-reactive ketones (excluding diaryl/α,β-unsaturated/α-hetero) is 1. The van der Waals surface area contributed by atoms with Crippen LogP contribution < -0.4 is 0 Å². The maximum Gasteiger partial charge on any atom is 0.531 e. The topological polar surface area (TPSA) is 97.7 Å². The summed E-state index contributed by atoms with van der Waals surface area (Å²) in [5, 5.41) is 7.97. The third kappa shape index (κ3) is 3.11. The summed E-state index contributed by atoms with van der Waals surface area (Å²) in [6.07, 6.45) is 0. The van der Waals surface area contributed by atoms with Gasteiger partial charge >= 0.3 is 13.9 Å². The summed E-state index contributed by atoms with van der Waals surface area (Å²) < 4.78 is 22.6. The lowest BCUT2D eigenvalue weighted by atomic mass is 10.4. The zero-order chi connectivity index (χ0) is 8.15. The van der Waals surface area contributed by atoms with Crippen molar-refractivity contribution < 1.29 is 28.3 Å². The molecule has 0 radical (unpaired) electrons. The van der Waals surface area contributed by atoms with Gasteiger partial charge in [-0.2, -0.15) is 9.13 Å². The fourth-order valence-corrected chi connectivity index (χ4v) is 0.420. The first-order chi connectivity index (χ1) is 4.57. The molecular weight excluding hydrogens is 163 g/mol. The van der Waals surface area contributed by atoms with E-state index in [0.717, 1.165) is 0 Å². The van der Waals surface area contributed by atoms with Crippen LogP contribution in [0.2, 0.25) is 0 Å².